The van der Waals surface area contributed by atoms with Crippen LogP contribution in [0.2, 0.25) is 0 Å². The van der Waals surface area contributed by atoms with Crippen LogP contribution in [0.3, 0.4) is 0 Å². The number of rotatable bonds is 3. The van der Waals surface area contributed by atoms with Gasteiger partial charge in [0.05, 0.1) is 0 Å². The molecule has 17 heavy (non-hydrogen) atoms. The lowest BCUT2D eigenvalue weighted by Gasteiger charge is -2.11. The number of esters is 1. The van der Waals surface area contributed by atoms with E-state index in [1.807, 2.05) is 37.3 Å². The van der Waals surface area contributed by atoms with Crippen LogP contribution in [0.1, 0.15) is 26.3 Å². The zero-order valence-electron chi connectivity index (χ0n) is 10.3. The second-order valence-electron chi connectivity index (χ2n) is 3.58. The topological polar surface area (TPSA) is 43.4 Å². The Labute approximate surface area is 107 Å². The van der Waals surface area contributed by atoms with Crippen LogP contribution < -0.4 is 0 Å². The van der Waals surface area contributed by atoms with E-state index in [1.54, 1.807) is 0 Å². The molecular weight excluding hydrogens is 240 g/mol. The quantitative estimate of drug-likeness (QED) is 0.617. The first-order valence-corrected chi connectivity index (χ1v) is 5.66. The molecule has 0 bridgehead atoms. The summed E-state index contributed by atoms with van der Waals surface area (Å²) in [5.41, 5.74) is 1.19. The molecule has 1 unspecified atom stereocenters. The fourth-order valence-corrected chi connectivity index (χ4v) is 1.27. The number of halogens is 1. The minimum absolute atomic E-state index is 0.0418. The fraction of sp³-hybridized carbons (Fsp3) is 0.385. The van der Waals surface area contributed by atoms with E-state index < -0.39 is 0 Å². The molecule has 0 heterocycles. The van der Waals surface area contributed by atoms with Crippen LogP contribution in [-0.2, 0) is 20.7 Å². The van der Waals surface area contributed by atoms with Gasteiger partial charge in [0.1, 0.15) is 6.10 Å². The highest BCUT2D eigenvalue weighted by molar-refractivity contribution is 6.62. The van der Waals surface area contributed by atoms with Crippen molar-refractivity contribution in [1.82, 2.24) is 0 Å². The van der Waals surface area contributed by atoms with Gasteiger partial charge in [-0.05, 0) is 24.1 Å². The third-order valence-corrected chi connectivity index (χ3v) is 1.73. The number of ether oxygens (including phenoxy) is 1. The number of hydrogen-bond acceptors (Lipinski definition) is 3. The Morgan fingerprint density at radius 1 is 1.24 bits per heavy atom. The molecule has 0 fully saturated rings. The van der Waals surface area contributed by atoms with E-state index in [9.17, 15) is 9.59 Å². The summed E-state index contributed by atoms with van der Waals surface area (Å²) in [6.07, 6.45) is 0.736. The van der Waals surface area contributed by atoms with E-state index >= 15 is 0 Å². The van der Waals surface area contributed by atoms with Crippen LogP contribution in [-0.4, -0.2) is 17.3 Å². The maximum atomic E-state index is 10.6. The summed E-state index contributed by atoms with van der Waals surface area (Å²) >= 11 is 4.64. The Balaban J connectivity index is 0.000000557. The molecule has 3 nitrogen and oxygen atoms in total. The summed E-state index contributed by atoms with van der Waals surface area (Å²) in [7, 11) is 0. The third kappa shape index (κ3) is 10.9. The van der Waals surface area contributed by atoms with E-state index in [0.29, 0.717) is 0 Å². The van der Waals surface area contributed by atoms with Crippen LogP contribution in [0.5, 0.6) is 0 Å². The average Bonchev–Trinajstić information content (AvgIpc) is 2.16. The van der Waals surface area contributed by atoms with Crippen molar-refractivity contribution in [3.63, 3.8) is 0 Å². The van der Waals surface area contributed by atoms with Crippen molar-refractivity contribution in [2.45, 2.75) is 33.3 Å². The maximum absolute atomic E-state index is 10.6. The van der Waals surface area contributed by atoms with Crippen LogP contribution in [0.4, 0.5) is 0 Å². The van der Waals surface area contributed by atoms with Crippen LogP contribution in [0.25, 0.3) is 0 Å². The van der Waals surface area contributed by atoms with Crippen molar-refractivity contribution < 1.29 is 14.3 Å². The lowest BCUT2D eigenvalue weighted by molar-refractivity contribution is -0.145. The van der Waals surface area contributed by atoms with Crippen molar-refractivity contribution in [1.29, 1.82) is 0 Å². The Bertz CT molecular complexity index is 345. The number of carbonyl (C=O) groups excluding carboxylic acids is 2. The molecule has 0 amide bonds. The second kappa shape index (κ2) is 8.76. The minimum atomic E-state index is -0.361. The fourth-order valence-electron chi connectivity index (χ4n) is 1.27. The van der Waals surface area contributed by atoms with Gasteiger partial charge in [-0.2, -0.15) is 0 Å². The Morgan fingerprint density at radius 3 is 2.12 bits per heavy atom. The smallest absolute Gasteiger partial charge is 0.302 e. The first kappa shape index (κ1) is 15.7. The highest BCUT2D eigenvalue weighted by Gasteiger charge is 2.05. The Morgan fingerprint density at radius 2 is 1.71 bits per heavy atom. The number of hydrogen-bond donors (Lipinski definition) is 0. The molecule has 0 aliphatic rings. The predicted octanol–water partition coefficient (Wildman–Crippen LogP) is 2.95. The van der Waals surface area contributed by atoms with Crippen molar-refractivity contribution in [3.8, 4) is 0 Å². The average molecular weight is 257 g/mol. The monoisotopic (exact) mass is 256 g/mol. The summed E-state index contributed by atoms with van der Waals surface area (Å²) in [6, 6.07) is 9.99. The van der Waals surface area contributed by atoms with Gasteiger partial charge in [0, 0.05) is 20.3 Å². The van der Waals surface area contributed by atoms with Gasteiger partial charge in [0.2, 0.25) is 5.24 Å². The molecule has 0 N–H and O–H groups in total. The van der Waals surface area contributed by atoms with Crippen molar-refractivity contribution in [3.05, 3.63) is 35.9 Å². The van der Waals surface area contributed by atoms with Gasteiger partial charge >= 0.3 is 5.97 Å². The standard InChI is InChI=1S/C11H14O2.C2H3ClO/c1-9(13-10(2)12)8-11-6-4-3-5-7-11;1-2(3)4/h3-7,9H,8H2,1-2H3;1H3. The molecule has 0 saturated carbocycles. The highest BCUT2D eigenvalue weighted by Crippen LogP contribution is 2.05. The summed E-state index contributed by atoms with van der Waals surface area (Å²) in [4.78, 5) is 19.8. The molecule has 1 atom stereocenters. The molecule has 0 aliphatic carbocycles. The molecule has 0 radical (unpaired) electrons. The predicted molar refractivity (Wildman–Crippen MR) is 67.9 cm³/mol. The molecule has 4 heteroatoms. The SMILES string of the molecule is CC(=O)Cl.CC(=O)OC(C)Cc1ccccc1. The first-order valence-electron chi connectivity index (χ1n) is 5.29. The van der Waals surface area contributed by atoms with Gasteiger partial charge in [-0.3, -0.25) is 9.59 Å². The molecule has 94 valence electrons. The first-order chi connectivity index (χ1) is 7.91. The van der Waals surface area contributed by atoms with E-state index in [0.717, 1.165) is 6.42 Å². The summed E-state index contributed by atoms with van der Waals surface area (Å²) < 4.78 is 5.02. The summed E-state index contributed by atoms with van der Waals surface area (Å²) in [5, 5.41) is -0.361. The van der Waals surface area contributed by atoms with Crippen molar-refractivity contribution in [2.75, 3.05) is 0 Å². The van der Waals surface area contributed by atoms with Crippen molar-refractivity contribution in [2.24, 2.45) is 0 Å². The maximum Gasteiger partial charge on any atom is 0.302 e. The third-order valence-electron chi connectivity index (χ3n) is 1.73. The summed E-state index contributed by atoms with van der Waals surface area (Å²) in [5.74, 6) is -0.219. The highest BCUT2D eigenvalue weighted by atomic mass is 35.5. The van der Waals surface area contributed by atoms with E-state index in [4.69, 9.17) is 4.74 Å². The van der Waals surface area contributed by atoms with E-state index in [2.05, 4.69) is 11.6 Å². The van der Waals surface area contributed by atoms with Gasteiger partial charge in [-0.1, -0.05) is 30.3 Å². The minimum Gasteiger partial charge on any atom is -0.463 e. The Hall–Kier alpha value is -1.35. The zero-order chi connectivity index (χ0) is 13.3. The number of benzene rings is 1. The zero-order valence-corrected chi connectivity index (χ0v) is 11.0. The van der Waals surface area contributed by atoms with Crippen LogP contribution >= 0.6 is 11.6 Å². The normalized spacial score (nSPS) is 10.8. The lowest BCUT2D eigenvalue weighted by atomic mass is 10.1. The van der Waals surface area contributed by atoms with E-state index in [-0.39, 0.29) is 17.3 Å². The molecule has 1 aromatic carbocycles. The summed E-state index contributed by atoms with van der Waals surface area (Å²) in [6.45, 7) is 4.62. The molecule has 0 aromatic heterocycles. The van der Waals surface area contributed by atoms with Gasteiger partial charge < -0.3 is 4.74 Å². The van der Waals surface area contributed by atoms with E-state index in [1.165, 1.54) is 19.4 Å². The van der Waals surface area contributed by atoms with Crippen LogP contribution in [0, 0.1) is 0 Å². The van der Waals surface area contributed by atoms with Gasteiger partial charge in [0.15, 0.2) is 0 Å². The van der Waals surface area contributed by atoms with Crippen molar-refractivity contribution >= 4 is 22.8 Å². The Kier molecular flexibility index (Phi) is 8.07. The van der Waals surface area contributed by atoms with Gasteiger partial charge in [-0.25, -0.2) is 0 Å². The molecule has 0 aliphatic heterocycles. The largest absolute Gasteiger partial charge is 0.463 e. The van der Waals surface area contributed by atoms with Gasteiger partial charge in [-0.15, -0.1) is 0 Å². The second-order valence-corrected chi connectivity index (χ2v) is 4.11. The molecule has 0 saturated heterocycles. The molecule has 1 rings (SSSR count). The van der Waals surface area contributed by atoms with Crippen LogP contribution in [0.15, 0.2) is 30.3 Å². The van der Waals surface area contributed by atoms with Gasteiger partial charge in [0.25, 0.3) is 0 Å². The molecule has 0 spiro atoms. The lowest BCUT2D eigenvalue weighted by Crippen LogP contribution is -2.14. The molecule has 1 aromatic rings. The number of carbonyl (C=O) groups is 2. The molecular formula is C13H17ClO3.